The molecule has 4 nitrogen and oxygen atoms in total. The van der Waals surface area contributed by atoms with Crippen molar-refractivity contribution in [2.24, 2.45) is 11.1 Å². The van der Waals surface area contributed by atoms with E-state index in [4.69, 9.17) is 5.73 Å². The van der Waals surface area contributed by atoms with Crippen LogP contribution in [0.3, 0.4) is 0 Å². The number of hydrogen-bond acceptors (Lipinski definition) is 3. The van der Waals surface area contributed by atoms with Gasteiger partial charge in [0.2, 0.25) is 0 Å². The lowest BCUT2D eigenvalue weighted by molar-refractivity contribution is 0.322. The standard InChI is InChI=1S/C24H34N4/c1-8-13-27-20(14-25)17(9-12-22(27)24(5,6)7)19-11-10-18(23(2,3)4)21-15-26-16-28(19)21/h9-12,14-16H,8,13,25H2,1-7H3/b20-14-. The molecule has 0 saturated carbocycles. The van der Waals surface area contributed by atoms with E-state index in [2.05, 4.69) is 87.0 Å². The zero-order chi connectivity index (χ0) is 20.7. The molecule has 0 atom stereocenters. The average Bonchev–Trinajstić information content (AvgIpc) is 3.08. The van der Waals surface area contributed by atoms with Gasteiger partial charge >= 0.3 is 0 Å². The van der Waals surface area contributed by atoms with Crippen LogP contribution in [0.2, 0.25) is 0 Å². The summed E-state index contributed by atoms with van der Waals surface area (Å²) in [4.78, 5) is 6.82. The van der Waals surface area contributed by atoms with E-state index in [1.54, 1.807) is 6.20 Å². The first-order valence-corrected chi connectivity index (χ1v) is 10.2. The summed E-state index contributed by atoms with van der Waals surface area (Å²) in [6.45, 7) is 16.6. The van der Waals surface area contributed by atoms with Gasteiger partial charge in [0.25, 0.3) is 0 Å². The molecular formula is C24H34N4. The molecule has 28 heavy (non-hydrogen) atoms. The Morgan fingerprint density at radius 1 is 1.04 bits per heavy atom. The Hall–Kier alpha value is -2.49. The van der Waals surface area contributed by atoms with Crippen LogP contribution in [0.25, 0.3) is 11.1 Å². The number of rotatable bonds is 3. The highest BCUT2D eigenvalue weighted by Gasteiger charge is 2.30. The molecule has 1 aliphatic rings. The zero-order valence-electron chi connectivity index (χ0n) is 18.4. The van der Waals surface area contributed by atoms with Crippen molar-refractivity contribution in [2.75, 3.05) is 6.54 Å². The predicted molar refractivity (Wildman–Crippen MR) is 119 cm³/mol. The molecule has 0 amide bonds. The van der Waals surface area contributed by atoms with Gasteiger partial charge in [-0.15, -0.1) is 0 Å². The molecule has 1 aliphatic heterocycles. The maximum absolute atomic E-state index is 6.18. The van der Waals surface area contributed by atoms with Crippen molar-refractivity contribution in [3.63, 3.8) is 0 Å². The minimum absolute atomic E-state index is 0.0475. The summed E-state index contributed by atoms with van der Waals surface area (Å²) in [6, 6.07) is 4.43. The van der Waals surface area contributed by atoms with Crippen LogP contribution in [0, 0.1) is 5.41 Å². The average molecular weight is 379 g/mol. The topological polar surface area (TPSA) is 46.6 Å². The van der Waals surface area contributed by atoms with E-state index in [0.717, 1.165) is 35.4 Å². The molecule has 3 heterocycles. The van der Waals surface area contributed by atoms with E-state index in [1.807, 2.05) is 12.5 Å². The van der Waals surface area contributed by atoms with Gasteiger partial charge in [-0.25, -0.2) is 4.98 Å². The number of imidazole rings is 1. The number of pyridine rings is 1. The van der Waals surface area contributed by atoms with E-state index >= 15 is 0 Å². The zero-order valence-corrected chi connectivity index (χ0v) is 18.4. The van der Waals surface area contributed by atoms with Crippen LogP contribution in [0.5, 0.6) is 0 Å². The van der Waals surface area contributed by atoms with Gasteiger partial charge in [-0.2, -0.15) is 0 Å². The third-order valence-electron chi connectivity index (χ3n) is 5.30. The fourth-order valence-electron chi connectivity index (χ4n) is 4.00. The van der Waals surface area contributed by atoms with Gasteiger partial charge in [-0.05, 0) is 35.6 Å². The van der Waals surface area contributed by atoms with Crippen molar-refractivity contribution in [3.8, 4) is 0 Å². The van der Waals surface area contributed by atoms with E-state index in [0.29, 0.717) is 0 Å². The van der Waals surface area contributed by atoms with Crippen molar-refractivity contribution in [1.82, 2.24) is 14.3 Å². The number of nitrogens with two attached hydrogens (primary N) is 1. The van der Waals surface area contributed by atoms with Crippen LogP contribution in [0.4, 0.5) is 0 Å². The molecule has 3 rings (SSSR count). The first-order chi connectivity index (χ1) is 13.1. The molecular weight excluding hydrogens is 344 g/mol. The molecule has 2 aromatic rings. The Bertz CT molecular complexity index is 959. The number of allylic oxidation sites excluding steroid dienone is 4. The summed E-state index contributed by atoms with van der Waals surface area (Å²) >= 11 is 0. The summed E-state index contributed by atoms with van der Waals surface area (Å²) in [6.07, 6.45) is 11.1. The van der Waals surface area contributed by atoms with Crippen molar-refractivity contribution in [3.05, 3.63) is 65.7 Å². The number of fused-ring (bicyclic) bond motifs is 1. The molecule has 0 spiro atoms. The maximum Gasteiger partial charge on any atom is 0.0997 e. The minimum Gasteiger partial charge on any atom is -0.403 e. The van der Waals surface area contributed by atoms with Gasteiger partial charge in [-0.3, -0.25) is 4.40 Å². The molecule has 0 aliphatic carbocycles. The van der Waals surface area contributed by atoms with Crippen LogP contribution >= 0.6 is 0 Å². The van der Waals surface area contributed by atoms with Gasteiger partial charge in [0.1, 0.15) is 0 Å². The minimum atomic E-state index is 0.0475. The van der Waals surface area contributed by atoms with E-state index in [1.165, 1.54) is 11.3 Å². The molecule has 2 N–H and O–H groups in total. The summed E-state index contributed by atoms with van der Waals surface area (Å²) in [5, 5.41) is 0. The van der Waals surface area contributed by atoms with Crippen molar-refractivity contribution in [1.29, 1.82) is 0 Å². The van der Waals surface area contributed by atoms with Gasteiger partial charge < -0.3 is 10.6 Å². The molecule has 0 aromatic carbocycles. The molecule has 0 radical (unpaired) electrons. The smallest absolute Gasteiger partial charge is 0.0997 e. The third-order valence-corrected chi connectivity index (χ3v) is 5.30. The first kappa shape index (κ1) is 20.2. The van der Waals surface area contributed by atoms with Crippen LogP contribution in [-0.4, -0.2) is 20.8 Å². The molecule has 4 heteroatoms. The van der Waals surface area contributed by atoms with E-state index < -0.39 is 0 Å². The lowest BCUT2D eigenvalue weighted by atomic mass is 9.85. The normalized spacial score (nSPS) is 17.2. The summed E-state index contributed by atoms with van der Waals surface area (Å²) < 4.78 is 2.19. The SMILES string of the molecule is CCCN1C(C(C)(C)C)=CC=C(c2ccc(C(C)(C)C)c3cncn23)/C1=C/N. The maximum atomic E-state index is 6.18. The van der Waals surface area contributed by atoms with Crippen molar-refractivity contribution < 1.29 is 0 Å². The Labute approximate surface area is 169 Å². The quantitative estimate of drug-likeness (QED) is 0.770. The van der Waals surface area contributed by atoms with Crippen LogP contribution in [0.15, 0.2) is 54.4 Å². The number of hydrogen-bond donors (Lipinski definition) is 1. The van der Waals surface area contributed by atoms with Crippen LogP contribution in [-0.2, 0) is 5.41 Å². The second kappa shape index (κ2) is 7.16. The van der Waals surface area contributed by atoms with Crippen molar-refractivity contribution in [2.45, 2.75) is 60.3 Å². The molecule has 2 aromatic heterocycles. The number of nitrogens with zero attached hydrogens (tertiary/aromatic N) is 3. The van der Waals surface area contributed by atoms with E-state index in [9.17, 15) is 0 Å². The second-order valence-electron chi connectivity index (χ2n) is 9.62. The fourth-order valence-corrected chi connectivity index (χ4v) is 4.00. The van der Waals surface area contributed by atoms with E-state index in [-0.39, 0.29) is 10.8 Å². The Kier molecular flexibility index (Phi) is 5.18. The van der Waals surface area contributed by atoms with Gasteiger partial charge in [-0.1, -0.05) is 54.5 Å². The summed E-state index contributed by atoms with van der Waals surface area (Å²) in [5.74, 6) is 0. The highest BCUT2D eigenvalue weighted by molar-refractivity contribution is 5.81. The molecule has 0 fully saturated rings. The third kappa shape index (κ3) is 3.48. The molecule has 150 valence electrons. The van der Waals surface area contributed by atoms with Gasteiger partial charge in [0.15, 0.2) is 0 Å². The molecule has 0 unspecified atom stereocenters. The monoisotopic (exact) mass is 378 g/mol. The summed E-state index contributed by atoms with van der Waals surface area (Å²) in [7, 11) is 0. The lowest BCUT2D eigenvalue weighted by Gasteiger charge is -2.39. The molecule has 0 bridgehead atoms. The van der Waals surface area contributed by atoms with Gasteiger partial charge in [0.05, 0.1) is 29.4 Å². The largest absolute Gasteiger partial charge is 0.403 e. The van der Waals surface area contributed by atoms with Gasteiger partial charge in [0, 0.05) is 29.4 Å². The Balaban J connectivity index is 2.22. The lowest BCUT2D eigenvalue weighted by Crippen LogP contribution is -2.33. The Morgan fingerprint density at radius 3 is 2.32 bits per heavy atom. The second-order valence-corrected chi connectivity index (χ2v) is 9.62. The van der Waals surface area contributed by atoms with Crippen molar-refractivity contribution >= 4 is 11.1 Å². The highest BCUT2D eigenvalue weighted by atomic mass is 15.2. The number of aromatic nitrogens is 2. The molecule has 0 saturated heterocycles. The van der Waals surface area contributed by atoms with Crippen LogP contribution < -0.4 is 5.73 Å². The summed E-state index contributed by atoms with van der Waals surface area (Å²) in [5.41, 5.74) is 13.3. The first-order valence-electron chi connectivity index (χ1n) is 10.2. The van der Waals surface area contributed by atoms with Crippen LogP contribution in [0.1, 0.15) is 66.1 Å². The Morgan fingerprint density at radius 2 is 1.75 bits per heavy atom. The predicted octanol–water partition coefficient (Wildman–Crippen LogP) is 5.47. The highest BCUT2D eigenvalue weighted by Crippen LogP contribution is 2.40. The fraction of sp³-hybridized carbons (Fsp3) is 0.458.